The van der Waals surface area contributed by atoms with Crippen LogP contribution in [0.2, 0.25) is 0 Å². The minimum absolute atomic E-state index is 0.109. The number of aromatic nitrogens is 2. The van der Waals surface area contributed by atoms with Crippen molar-refractivity contribution in [3.05, 3.63) is 113 Å². The van der Waals surface area contributed by atoms with Gasteiger partial charge in [0.2, 0.25) is 5.75 Å². The first-order valence-electron chi connectivity index (χ1n) is 14.2. The van der Waals surface area contributed by atoms with E-state index in [1.165, 1.54) is 34.0 Å². The SMILES string of the molecule is N#Cc1sccc1C1OCCO1.O=C(O)c1nc(-c2sccc2/C=C/c2ccccc2)[nH]c(=O)c1O.O=Cc1sccc1C1OCCO1. The van der Waals surface area contributed by atoms with Gasteiger partial charge in [0, 0.05) is 11.1 Å². The van der Waals surface area contributed by atoms with Crippen LogP contribution in [0.4, 0.5) is 0 Å². The Hall–Kier alpha value is -4.79. The summed E-state index contributed by atoms with van der Waals surface area (Å²) >= 11 is 4.14. The van der Waals surface area contributed by atoms with E-state index in [0.717, 1.165) is 28.5 Å². The van der Waals surface area contributed by atoms with Gasteiger partial charge in [0.15, 0.2) is 30.4 Å². The molecular formula is C33H27N3O9S3. The number of thiophene rings is 3. The molecule has 6 heterocycles. The Balaban J connectivity index is 0.000000156. The maximum atomic E-state index is 11.7. The second kappa shape index (κ2) is 16.9. The van der Waals surface area contributed by atoms with Gasteiger partial charge in [-0.25, -0.2) is 9.78 Å². The predicted octanol–water partition coefficient (Wildman–Crippen LogP) is 6.34. The maximum Gasteiger partial charge on any atom is 0.358 e. The molecule has 5 aromatic rings. The lowest BCUT2D eigenvalue weighted by Gasteiger charge is -2.06. The maximum absolute atomic E-state index is 11.7. The molecule has 7 rings (SSSR count). The molecule has 0 atom stereocenters. The van der Waals surface area contributed by atoms with E-state index in [9.17, 15) is 19.5 Å². The van der Waals surface area contributed by atoms with Crippen molar-refractivity contribution in [2.75, 3.05) is 26.4 Å². The third kappa shape index (κ3) is 8.56. The highest BCUT2D eigenvalue weighted by atomic mass is 32.1. The summed E-state index contributed by atoms with van der Waals surface area (Å²) in [6, 6.07) is 17.4. The molecule has 4 aromatic heterocycles. The molecule has 2 aliphatic rings. The lowest BCUT2D eigenvalue weighted by Crippen LogP contribution is -2.15. The minimum atomic E-state index is -1.46. The van der Waals surface area contributed by atoms with E-state index < -0.39 is 23.0 Å². The van der Waals surface area contributed by atoms with E-state index in [1.807, 2.05) is 76.8 Å². The average molecular weight is 706 g/mol. The fourth-order valence-corrected chi connectivity index (χ4v) is 6.66. The van der Waals surface area contributed by atoms with Crippen molar-refractivity contribution in [2.45, 2.75) is 12.6 Å². The van der Waals surface area contributed by atoms with Crippen LogP contribution in [0, 0.1) is 11.3 Å². The molecule has 2 aliphatic heterocycles. The minimum Gasteiger partial charge on any atom is -0.501 e. The van der Waals surface area contributed by atoms with Gasteiger partial charge < -0.3 is 34.1 Å². The van der Waals surface area contributed by atoms with Gasteiger partial charge >= 0.3 is 5.97 Å². The molecule has 0 bridgehead atoms. The number of aromatic hydroxyl groups is 1. The highest BCUT2D eigenvalue weighted by Crippen LogP contribution is 2.31. The van der Waals surface area contributed by atoms with Crippen LogP contribution in [0.5, 0.6) is 5.75 Å². The molecule has 246 valence electrons. The van der Waals surface area contributed by atoms with E-state index in [-0.39, 0.29) is 18.4 Å². The number of hydrogen-bond acceptors (Lipinski definition) is 13. The number of rotatable bonds is 7. The van der Waals surface area contributed by atoms with Crippen LogP contribution in [0.15, 0.2) is 69.5 Å². The van der Waals surface area contributed by atoms with Gasteiger partial charge in [-0.2, -0.15) is 5.26 Å². The van der Waals surface area contributed by atoms with Gasteiger partial charge in [0.1, 0.15) is 10.9 Å². The molecule has 1 aromatic carbocycles. The summed E-state index contributed by atoms with van der Waals surface area (Å²) in [4.78, 5) is 41.6. The summed E-state index contributed by atoms with van der Waals surface area (Å²) in [5.74, 6) is -2.25. The lowest BCUT2D eigenvalue weighted by molar-refractivity contribution is -0.0442. The summed E-state index contributed by atoms with van der Waals surface area (Å²) in [6.07, 6.45) is 3.96. The number of nitriles is 1. The third-order valence-corrected chi connectivity index (χ3v) is 9.28. The van der Waals surface area contributed by atoms with E-state index in [1.54, 1.807) is 0 Å². The Morgan fingerprint density at radius 2 is 1.52 bits per heavy atom. The van der Waals surface area contributed by atoms with Crippen molar-refractivity contribution in [3.63, 3.8) is 0 Å². The molecule has 0 unspecified atom stereocenters. The first-order chi connectivity index (χ1) is 23.4. The number of carboxylic acid groups (broad SMARTS) is 1. The summed E-state index contributed by atoms with van der Waals surface area (Å²) in [7, 11) is 0. The Labute approximate surface area is 285 Å². The molecule has 3 N–H and O–H groups in total. The Bertz CT molecular complexity index is 1960. The van der Waals surface area contributed by atoms with Crippen LogP contribution in [-0.2, 0) is 18.9 Å². The van der Waals surface area contributed by atoms with Gasteiger partial charge in [-0.15, -0.1) is 34.0 Å². The Morgan fingerprint density at radius 3 is 2.17 bits per heavy atom. The van der Waals surface area contributed by atoms with Crippen molar-refractivity contribution < 1.29 is 38.7 Å². The zero-order chi connectivity index (χ0) is 33.9. The van der Waals surface area contributed by atoms with Crippen molar-refractivity contribution in [3.8, 4) is 22.5 Å². The van der Waals surface area contributed by atoms with Crippen LogP contribution in [0.25, 0.3) is 22.9 Å². The average Bonchev–Trinajstić information content (AvgIpc) is 3.95. The van der Waals surface area contributed by atoms with Crippen LogP contribution in [-0.4, -0.2) is 58.9 Å². The van der Waals surface area contributed by atoms with Crippen LogP contribution in [0.3, 0.4) is 0 Å². The number of hydrogen-bond donors (Lipinski definition) is 3. The highest BCUT2D eigenvalue weighted by Gasteiger charge is 2.23. The molecule has 0 radical (unpaired) electrons. The van der Waals surface area contributed by atoms with Crippen LogP contribution < -0.4 is 5.56 Å². The standard InChI is InChI=1S/C17H12N2O4S.C8H7NO2S.C8H8O3S/c20-13-12(17(22)23)18-15(19-16(13)21)14-11(8-9-24-14)7-6-10-4-2-1-3-5-10;2*9-5-7-6(1-4-12-7)8-10-2-3-11-8/h1-9,20H,(H,22,23)(H,18,19,21);1,4,8H,2-3H2;1,4-5,8H,2-3H2/b7-6+;;. The zero-order valence-electron chi connectivity index (χ0n) is 24.9. The monoisotopic (exact) mass is 705 g/mol. The van der Waals surface area contributed by atoms with Crippen molar-refractivity contribution in [2.24, 2.45) is 0 Å². The molecule has 0 spiro atoms. The molecule has 12 nitrogen and oxygen atoms in total. The van der Waals surface area contributed by atoms with Crippen molar-refractivity contribution in [1.82, 2.24) is 9.97 Å². The Kier molecular flexibility index (Phi) is 12.1. The van der Waals surface area contributed by atoms with Gasteiger partial charge in [0.25, 0.3) is 5.56 Å². The van der Waals surface area contributed by atoms with Crippen LogP contribution in [0.1, 0.15) is 59.9 Å². The number of aromatic amines is 1. The number of carbonyl (C=O) groups is 2. The van der Waals surface area contributed by atoms with Crippen molar-refractivity contribution >= 4 is 58.4 Å². The zero-order valence-corrected chi connectivity index (χ0v) is 27.4. The quantitative estimate of drug-likeness (QED) is 0.161. The van der Waals surface area contributed by atoms with Gasteiger partial charge in [-0.1, -0.05) is 42.5 Å². The number of aldehydes is 1. The molecule has 48 heavy (non-hydrogen) atoms. The van der Waals surface area contributed by atoms with E-state index in [4.69, 9.17) is 29.3 Å². The summed E-state index contributed by atoms with van der Waals surface area (Å²) in [5.41, 5.74) is 1.96. The van der Waals surface area contributed by atoms with E-state index in [0.29, 0.717) is 41.1 Å². The molecule has 0 aliphatic carbocycles. The van der Waals surface area contributed by atoms with E-state index in [2.05, 4.69) is 16.0 Å². The first kappa shape index (κ1) is 34.5. The molecular weight excluding hydrogens is 679 g/mol. The largest absolute Gasteiger partial charge is 0.501 e. The fourth-order valence-electron chi connectivity index (χ4n) is 4.41. The van der Waals surface area contributed by atoms with Gasteiger partial charge in [-0.3, -0.25) is 9.59 Å². The number of carbonyl (C=O) groups excluding carboxylic acids is 1. The van der Waals surface area contributed by atoms with Crippen molar-refractivity contribution in [1.29, 1.82) is 5.26 Å². The van der Waals surface area contributed by atoms with Gasteiger partial charge in [0.05, 0.1) is 36.2 Å². The number of aromatic carboxylic acids is 1. The number of H-pyrrole nitrogens is 1. The second-order valence-corrected chi connectivity index (χ2v) is 12.5. The summed E-state index contributed by atoms with van der Waals surface area (Å²) in [5, 5.41) is 32.8. The molecule has 0 saturated carbocycles. The topological polar surface area (TPSA) is 181 Å². The molecule has 2 fully saturated rings. The molecule has 0 amide bonds. The normalized spacial score (nSPS) is 14.6. The van der Waals surface area contributed by atoms with Crippen LogP contribution >= 0.6 is 34.0 Å². The smallest absolute Gasteiger partial charge is 0.358 e. The predicted molar refractivity (Wildman–Crippen MR) is 180 cm³/mol. The number of ether oxygens (including phenoxy) is 4. The van der Waals surface area contributed by atoms with Gasteiger partial charge in [-0.05, 0) is 45.5 Å². The number of benzene rings is 1. The molecule has 15 heteroatoms. The lowest BCUT2D eigenvalue weighted by atomic mass is 10.1. The Morgan fingerprint density at radius 1 is 0.896 bits per heavy atom. The van der Waals surface area contributed by atoms with E-state index >= 15 is 0 Å². The summed E-state index contributed by atoms with van der Waals surface area (Å²) in [6.45, 7) is 2.45. The molecule has 2 saturated heterocycles. The third-order valence-electron chi connectivity index (χ3n) is 6.65. The summed E-state index contributed by atoms with van der Waals surface area (Å²) < 4.78 is 21.1. The number of nitrogens with one attached hydrogen (secondary N) is 1. The highest BCUT2D eigenvalue weighted by molar-refractivity contribution is 7.13. The number of carboxylic acids is 1. The second-order valence-electron chi connectivity index (χ2n) is 9.69. The number of nitrogens with zero attached hydrogens (tertiary/aromatic N) is 2. The fraction of sp³-hybridized carbons (Fsp3) is 0.182. The first-order valence-corrected chi connectivity index (χ1v) is 16.9.